The van der Waals surface area contributed by atoms with Crippen molar-refractivity contribution in [2.24, 2.45) is 0 Å². The lowest BCUT2D eigenvalue weighted by atomic mass is 9.78. The maximum Gasteiger partial charge on any atom is 0.290 e. The van der Waals surface area contributed by atoms with E-state index in [4.69, 9.17) is 4.78 Å². The molecule has 0 spiro atoms. The Hall–Kier alpha value is -3.36. The van der Waals surface area contributed by atoms with E-state index < -0.39 is 27.1 Å². The van der Waals surface area contributed by atoms with Gasteiger partial charge in [0.15, 0.2) is 0 Å². The molecule has 1 aliphatic rings. The minimum absolute atomic E-state index is 0.274. The Balaban J connectivity index is 1.76. The van der Waals surface area contributed by atoms with Gasteiger partial charge in [-0.05, 0) is 23.1 Å². The number of rotatable bonds is 6. The van der Waals surface area contributed by atoms with Crippen molar-refractivity contribution < 1.29 is 13.0 Å². The molecule has 0 fully saturated rings. The van der Waals surface area contributed by atoms with E-state index in [0.717, 1.165) is 22.9 Å². The Morgan fingerprint density at radius 2 is 1.35 bits per heavy atom. The number of aryl methyl sites for hydroxylation is 1. The van der Waals surface area contributed by atoms with Crippen LogP contribution in [0.1, 0.15) is 35.2 Å². The van der Waals surface area contributed by atoms with Crippen molar-refractivity contribution in [3.05, 3.63) is 120 Å². The summed E-state index contributed by atoms with van der Waals surface area (Å²) in [6.45, 7) is 0.307. The van der Waals surface area contributed by atoms with Gasteiger partial charge in [-0.15, -0.1) is 0 Å². The average Bonchev–Trinajstić information content (AvgIpc) is 3.31. The second-order valence-electron chi connectivity index (χ2n) is 8.39. The maximum absolute atomic E-state index is 14.9. The van der Waals surface area contributed by atoms with Gasteiger partial charge < -0.3 is 0 Å². The second-order valence-corrected chi connectivity index (χ2v) is 10.2. The lowest BCUT2D eigenvalue weighted by Gasteiger charge is -2.37. The fourth-order valence-electron chi connectivity index (χ4n) is 4.70. The molecule has 0 aliphatic carbocycles. The largest absolute Gasteiger partial charge is 0.290 e. The van der Waals surface area contributed by atoms with Crippen molar-refractivity contribution in [3.63, 3.8) is 0 Å². The third-order valence-electron chi connectivity index (χ3n) is 6.24. The highest BCUT2D eigenvalue weighted by Crippen LogP contribution is 2.42. The van der Waals surface area contributed by atoms with Crippen LogP contribution in [0.3, 0.4) is 0 Å². The predicted octanol–water partition coefficient (Wildman–Crippen LogP) is 5.67. The molecule has 0 radical (unpaired) electrons. The number of hydrogen-bond donors (Lipinski definition) is 2. The van der Waals surface area contributed by atoms with Gasteiger partial charge in [0.05, 0.1) is 6.20 Å². The van der Waals surface area contributed by atoms with Gasteiger partial charge in [-0.1, -0.05) is 91.0 Å². The average molecular weight is 479 g/mol. The molecule has 4 aromatic rings. The van der Waals surface area contributed by atoms with Crippen LogP contribution in [0.4, 0.5) is 8.78 Å². The topological polar surface area (TPSA) is 70.8 Å². The van der Waals surface area contributed by atoms with Crippen LogP contribution >= 0.6 is 0 Å². The van der Waals surface area contributed by atoms with Gasteiger partial charge >= 0.3 is 0 Å². The highest BCUT2D eigenvalue weighted by molar-refractivity contribution is 7.90. The summed E-state index contributed by atoms with van der Waals surface area (Å²) in [7, 11) is -3.94. The molecule has 5 rings (SSSR count). The minimum Gasteiger partial charge on any atom is -0.262 e. The van der Waals surface area contributed by atoms with Gasteiger partial charge in [-0.3, -0.25) is 4.68 Å². The lowest BCUT2D eigenvalue weighted by Crippen LogP contribution is -2.47. The molecule has 1 unspecified atom stereocenters. The number of fused-ring (bicyclic) bond motifs is 1. The SMILES string of the molecule is N=S(=O)(NC(c1ccccc1)(c1ccccc1)c1ccccc1)c1cnn2c1C(F)(F)CCC2. The van der Waals surface area contributed by atoms with Gasteiger partial charge in [0, 0.05) is 13.0 Å². The van der Waals surface area contributed by atoms with Crippen LogP contribution in [-0.2, 0) is 27.9 Å². The molecule has 2 N–H and O–H groups in total. The number of alkyl halides is 2. The molecule has 0 amide bonds. The zero-order valence-corrected chi connectivity index (χ0v) is 19.1. The van der Waals surface area contributed by atoms with Gasteiger partial charge in [0.2, 0.25) is 0 Å². The van der Waals surface area contributed by atoms with Crippen molar-refractivity contribution in [1.82, 2.24) is 14.5 Å². The molecule has 0 bridgehead atoms. The molecule has 0 saturated heterocycles. The Morgan fingerprint density at radius 3 is 1.82 bits per heavy atom. The molecule has 8 heteroatoms. The van der Waals surface area contributed by atoms with Crippen LogP contribution < -0.4 is 4.72 Å². The van der Waals surface area contributed by atoms with Crippen molar-refractivity contribution in [3.8, 4) is 0 Å². The fraction of sp³-hybridized carbons (Fsp3) is 0.192. The van der Waals surface area contributed by atoms with Crippen LogP contribution in [0.15, 0.2) is 102 Å². The molecule has 5 nitrogen and oxygen atoms in total. The normalized spacial score (nSPS) is 17.0. The Morgan fingerprint density at radius 1 is 0.882 bits per heavy atom. The maximum atomic E-state index is 14.9. The Bertz CT molecular complexity index is 1290. The second kappa shape index (κ2) is 8.45. The van der Waals surface area contributed by atoms with Crippen LogP contribution in [0, 0.1) is 4.78 Å². The van der Waals surface area contributed by atoms with Crippen molar-refractivity contribution >= 4 is 9.92 Å². The number of aromatic nitrogens is 2. The highest BCUT2D eigenvalue weighted by Gasteiger charge is 2.45. The van der Waals surface area contributed by atoms with Crippen LogP contribution in [0.2, 0.25) is 0 Å². The summed E-state index contributed by atoms with van der Waals surface area (Å²) in [6, 6.07) is 28.1. The monoisotopic (exact) mass is 478 g/mol. The van der Waals surface area contributed by atoms with E-state index in [1.807, 2.05) is 91.0 Å². The first-order valence-electron chi connectivity index (χ1n) is 11.0. The third kappa shape index (κ3) is 3.73. The molecular weight excluding hydrogens is 454 g/mol. The van der Waals surface area contributed by atoms with E-state index in [9.17, 15) is 13.0 Å². The van der Waals surface area contributed by atoms with Crippen LogP contribution in [-0.4, -0.2) is 14.0 Å². The first-order chi connectivity index (χ1) is 16.3. The summed E-state index contributed by atoms with van der Waals surface area (Å²) < 4.78 is 57.1. The number of nitrogens with one attached hydrogen (secondary N) is 2. The summed E-state index contributed by atoms with van der Waals surface area (Å²) in [5, 5.41) is 4.06. The standard InChI is InChI=1S/C26H24F2N4OS/c27-25(28)17-10-18-32-24(25)23(19-30-32)34(29,33)31-26(20-11-4-1-5-12-20,21-13-6-2-7-14-21)22-15-8-3-9-16-22/h1-9,11-16,19H,10,17-18H2,(H2,29,31,33). The molecule has 174 valence electrons. The van der Waals surface area contributed by atoms with Crippen molar-refractivity contribution in [2.45, 2.75) is 35.7 Å². The van der Waals surface area contributed by atoms with E-state index in [-0.39, 0.29) is 17.7 Å². The zero-order chi connectivity index (χ0) is 23.8. The smallest absolute Gasteiger partial charge is 0.262 e. The van der Waals surface area contributed by atoms with Crippen molar-refractivity contribution in [2.75, 3.05) is 0 Å². The van der Waals surface area contributed by atoms with E-state index in [2.05, 4.69) is 9.82 Å². The quantitative estimate of drug-likeness (QED) is 0.351. The minimum atomic E-state index is -3.94. The molecule has 1 aromatic heterocycles. The number of halogens is 2. The summed E-state index contributed by atoms with van der Waals surface area (Å²) in [6.07, 6.45) is 1.07. The molecule has 0 saturated carbocycles. The van der Waals surface area contributed by atoms with E-state index in [1.165, 1.54) is 4.68 Å². The van der Waals surface area contributed by atoms with E-state index >= 15 is 0 Å². The highest BCUT2D eigenvalue weighted by atomic mass is 32.2. The molecule has 3 aromatic carbocycles. The molecule has 1 aliphatic heterocycles. The fourth-order valence-corrected chi connectivity index (χ4v) is 6.32. The van der Waals surface area contributed by atoms with Crippen LogP contribution in [0.25, 0.3) is 0 Å². The van der Waals surface area contributed by atoms with Gasteiger partial charge in [0.25, 0.3) is 5.92 Å². The van der Waals surface area contributed by atoms with Gasteiger partial charge in [-0.25, -0.2) is 13.7 Å². The summed E-state index contributed by atoms with van der Waals surface area (Å²) in [5.74, 6) is -3.20. The van der Waals surface area contributed by atoms with Gasteiger partial charge in [-0.2, -0.15) is 13.9 Å². The summed E-state index contributed by atoms with van der Waals surface area (Å²) >= 11 is 0. The lowest BCUT2D eigenvalue weighted by molar-refractivity contribution is -0.0393. The third-order valence-corrected chi connectivity index (χ3v) is 7.75. The first-order valence-corrected chi connectivity index (χ1v) is 12.6. The van der Waals surface area contributed by atoms with E-state index in [1.54, 1.807) is 0 Å². The number of hydrogen-bond acceptors (Lipinski definition) is 3. The number of benzene rings is 3. The van der Waals surface area contributed by atoms with Gasteiger partial charge in [0.1, 0.15) is 26.0 Å². The zero-order valence-electron chi connectivity index (χ0n) is 18.3. The molecule has 2 heterocycles. The predicted molar refractivity (Wildman–Crippen MR) is 127 cm³/mol. The summed E-state index contributed by atoms with van der Waals surface area (Å²) in [4.78, 5) is -0.274. The summed E-state index contributed by atoms with van der Waals surface area (Å²) in [5.41, 5.74) is 0.538. The Labute approximate surface area is 197 Å². The molecule has 1 atom stereocenters. The first kappa shape index (κ1) is 22.4. The van der Waals surface area contributed by atoms with Crippen LogP contribution in [0.5, 0.6) is 0 Å². The Kier molecular flexibility index (Phi) is 5.58. The number of nitrogens with zero attached hydrogens (tertiary/aromatic N) is 2. The molecular formula is C26H24F2N4OS. The van der Waals surface area contributed by atoms with Crippen molar-refractivity contribution in [1.29, 1.82) is 4.78 Å². The van der Waals surface area contributed by atoms with E-state index in [0.29, 0.717) is 6.54 Å². The molecule has 34 heavy (non-hydrogen) atoms.